The molecule has 1 aliphatic heterocycles. The van der Waals surface area contributed by atoms with Crippen LogP contribution in [0.5, 0.6) is 5.75 Å². The second-order valence-electron chi connectivity index (χ2n) is 7.14. The summed E-state index contributed by atoms with van der Waals surface area (Å²) in [5.41, 5.74) is 1.49. The number of amides is 2. The number of hydrogen-bond acceptors (Lipinski definition) is 5. The summed E-state index contributed by atoms with van der Waals surface area (Å²) in [7, 11) is 0. The van der Waals surface area contributed by atoms with Crippen molar-refractivity contribution in [1.82, 2.24) is 10.6 Å². The molecule has 3 rings (SSSR count). The smallest absolute Gasteiger partial charge is 0.338 e. The van der Waals surface area contributed by atoms with E-state index in [2.05, 4.69) is 10.6 Å². The van der Waals surface area contributed by atoms with Gasteiger partial charge >= 0.3 is 12.0 Å². The lowest BCUT2D eigenvalue weighted by Crippen LogP contribution is -2.46. The van der Waals surface area contributed by atoms with Gasteiger partial charge in [-0.05, 0) is 37.0 Å². The molecule has 152 valence electrons. The first-order valence-electron chi connectivity index (χ1n) is 9.96. The number of phenolic OH excluding ortho intramolecular Hbond substituents is 1. The van der Waals surface area contributed by atoms with E-state index in [1.165, 1.54) is 31.4 Å². The highest BCUT2D eigenvalue weighted by molar-refractivity contribution is 5.95. The zero-order valence-corrected chi connectivity index (χ0v) is 16.2. The van der Waals surface area contributed by atoms with E-state index in [1.807, 2.05) is 6.92 Å². The molecule has 1 fully saturated rings. The number of carbonyl (C=O) groups excluding carboxylic acids is 2. The molecule has 3 N–H and O–H groups in total. The van der Waals surface area contributed by atoms with Crippen molar-refractivity contribution in [3.8, 4) is 5.75 Å². The van der Waals surface area contributed by atoms with Crippen LogP contribution in [0, 0.1) is 0 Å². The molecule has 1 atom stereocenters. The van der Waals surface area contributed by atoms with Gasteiger partial charge < -0.3 is 25.2 Å². The first-order valence-corrected chi connectivity index (χ1v) is 9.96. The normalized spacial score (nSPS) is 20.5. The van der Waals surface area contributed by atoms with E-state index in [9.17, 15) is 14.7 Å². The number of urea groups is 1. The molecule has 0 bridgehead atoms. The highest BCUT2D eigenvalue weighted by Gasteiger charge is 2.33. The minimum Gasteiger partial charge on any atom is -0.508 e. The number of rotatable bonds is 7. The van der Waals surface area contributed by atoms with Crippen LogP contribution in [0.1, 0.15) is 57.1 Å². The molecule has 1 unspecified atom stereocenters. The number of ether oxygens (including phenoxy) is 2. The first kappa shape index (κ1) is 20.2. The Kier molecular flexibility index (Phi) is 6.92. The minimum absolute atomic E-state index is 0.0666. The van der Waals surface area contributed by atoms with Crippen molar-refractivity contribution in [2.75, 3.05) is 13.2 Å². The van der Waals surface area contributed by atoms with Crippen LogP contribution >= 0.6 is 0 Å². The maximum atomic E-state index is 12.8. The summed E-state index contributed by atoms with van der Waals surface area (Å²) in [6, 6.07) is 5.43. The number of phenols is 1. The predicted molar refractivity (Wildman–Crippen MR) is 104 cm³/mol. The SMILES string of the molecule is CCC1=C(C(=O)OCCOC2CCCCC2)C(c2cccc(O)c2)NC(=O)N1. The average molecular weight is 388 g/mol. The van der Waals surface area contributed by atoms with Crippen molar-refractivity contribution in [3.63, 3.8) is 0 Å². The van der Waals surface area contributed by atoms with E-state index >= 15 is 0 Å². The summed E-state index contributed by atoms with van der Waals surface area (Å²) >= 11 is 0. The van der Waals surface area contributed by atoms with E-state index in [4.69, 9.17) is 9.47 Å². The lowest BCUT2D eigenvalue weighted by atomic mass is 9.94. The molecule has 1 aromatic rings. The van der Waals surface area contributed by atoms with Gasteiger partial charge in [0.2, 0.25) is 0 Å². The standard InChI is InChI=1S/C21H28N2O5/c1-2-17-18(20(25)28-12-11-27-16-9-4-3-5-10-16)19(23-21(26)22-17)14-7-6-8-15(24)13-14/h6-8,13,16,19,24H,2-5,9-12H2,1H3,(H2,22,23,26). The lowest BCUT2D eigenvalue weighted by molar-refractivity contribution is -0.142. The van der Waals surface area contributed by atoms with Crippen LogP contribution in [-0.4, -0.2) is 36.4 Å². The van der Waals surface area contributed by atoms with Crippen molar-refractivity contribution in [2.45, 2.75) is 57.6 Å². The predicted octanol–water partition coefficient (Wildman–Crippen LogP) is 3.30. The highest BCUT2D eigenvalue weighted by atomic mass is 16.6. The molecule has 2 aliphatic rings. The number of nitrogens with one attached hydrogen (secondary N) is 2. The van der Waals surface area contributed by atoms with Crippen molar-refractivity contribution in [1.29, 1.82) is 0 Å². The van der Waals surface area contributed by atoms with Crippen LogP contribution in [0.25, 0.3) is 0 Å². The maximum absolute atomic E-state index is 12.8. The molecule has 1 aliphatic carbocycles. The van der Waals surface area contributed by atoms with Crippen molar-refractivity contribution < 1.29 is 24.2 Å². The van der Waals surface area contributed by atoms with Gasteiger partial charge in [-0.25, -0.2) is 9.59 Å². The molecule has 1 aromatic carbocycles. The minimum atomic E-state index is -0.678. The van der Waals surface area contributed by atoms with Gasteiger partial charge in [-0.15, -0.1) is 0 Å². The number of hydrogen-bond donors (Lipinski definition) is 3. The summed E-state index contributed by atoms with van der Waals surface area (Å²) in [6.07, 6.45) is 6.50. The third kappa shape index (κ3) is 5.04. The van der Waals surface area contributed by atoms with Crippen molar-refractivity contribution >= 4 is 12.0 Å². The molecule has 0 radical (unpaired) electrons. The largest absolute Gasteiger partial charge is 0.508 e. The fourth-order valence-corrected chi connectivity index (χ4v) is 3.75. The molecule has 1 heterocycles. The Morgan fingerprint density at radius 3 is 2.71 bits per heavy atom. The molecule has 0 aromatic heterocycles. The number of allylic oxidation sites excluding steroid dienone is 1. The zero-order chi connectivity index (χ0) is 19.9. The van der Waals surface area contributed by atoms with Gasteiger partial charge in [0.15, 0.2) is 0 Å². The fourth-order valence-electron chi connectivity index (χ4n) is 3.75. The Bertz CT molecular complexity index is 740. The monoisotopic (exact) mass is 388 g/mol. The summed E-state index contributed by atoms with van der Waals surface area (Å²) < 4.78 is 11.3. The Hall–Kier alpha value is -2.54. The second-order valence-corrected chi connectivity index (χ2v) is 7.14. The van der Waals surface area contributed by atoms with Gasteiger partial charge in [-0.2, -0.15) is 0 Å². The number of benzene rings is 1. The number of carbonyl (C=O) groups is 2. The molecule has 7 heteroatoms. The van der Waals surface area contributed by atoms with Gasteiger partial charge in [0.1, 0.15) is 12.4 Å². The third-order valence-electron chi connectivity index (χ3n) is 5.15. The van der Waals surface area contributed by atoms with Crippen LogP contribution in [-0.2, 0) is 14.3 Å². The molecule has 7 nitrogen and oxygen atoms in total. The van der Waals surface area contributed by atoms with Gasteiger partial charge in [0, 0.05) is 5.70 Å². The molecule has 2 amide bonds. The number of aromatic hydroxyl groups is 1. The molecule has 1 saturated carbocycles. The Balaban J connectivity index is 1.67. The molecular weight excluding hydrogens is 360 g/mol. The van der Waals surface area contributed by atoms with Gasteiger partial charge in [-0.1, -0.05) is 38.3 Å². The van der Waals surface area contributed by atoms with E-state index in [1.54, 1.807) is 12.1 Å². The van der Waals surface area contributed by atoms with Crippen LogP contribution in [0.15, 0.2) is 35.5 Å². The average Bonchev–Trinajstić information content (AvgIpc) is 2.71. The Labute approximate surface area is 165 Å². The Morgan fingerprint density at radius 1 is 1.21 bits per heavy atom. The Morgan fingerprint density at radius 2 is 2.00 bits per heavy atom. The molecule has 0 spiro atoms. The molecule has 0 saturated heterocycles. The summed E-state index contributed by atoms with van der Waals surface area (Å²) in [6.45, 7) is 2.39. The number of esters is 1. The summed E-state index contributed by atoms with van der Waals surface area (Å²) in [5.74, 6) is -0.429. The molecule has 28 heavy (non-hydrogen) atoms. The van der Waals surface area contributed by atoms with Gasteiger partial charge in [-0.3, -0.25) is 0 Å². The van der Waals surface area contributed by atoms with Crippen LogP contribution in [0.2, 0.25) is 0 Å². The van der Waals surface area contributed by atoms with E-state index < -0.39 is 12.0 Å². The topological polar surface area (TPSA) is 96.9 Å². The van der Waals surface area contributed by atoms with Crippen molar-refractivity contribution in [3.05, 3.63) is 41.1 Å². The van der Waals surface area contributed by atoms with Crippen LogP contribution < -0.4 is 10.6 Å². The van der Waals surface area contributed by atoms with E-state index in [0.717, 1.165) is 12.8 Å². The fraction of sp³-hybridized carbons (Fsp3) is 0.524. The second kappa shape index (κ2) is 9.59. The maximum Gasteiger partial charge on any atom is 0.338 e. The quantitative estimate of drug-likeness (QED) is 0.492. The van der Waals surface area contributed by atoms with Crippen molar-refractivity contribution in [2.24, 2.45) is 0 Å². The zero-order valence-electron chi connectivity index (χ0n) is 16.2. The lowest BCUT2D eigenvalue weighted by Gasteiger charge is -2.29. The highest BCUT2D eigenvalue weighted by Crippen LogP contribution is 2.30. The summed E-state index contributed by atoms with van der Waals surface area (Å²) in [4.78, 5) is 24.8. The van der Waals surface area contributed by atoms with Gasteiger partial charge in [0.05, 0.1) is 24.3 Å². The van der Waals surface area contributed by atoms with E-state index in [0.29, 0.717) is 29.9 Å². The first-order chi connectivity index (χ1) is 13.6. The molecular formula is C21H28N2O5. The van der Waals surface area contributed by atoms with Crippen LogP contribution in [0.3, 0.4) is 0 Å². The summed E-state index contributed by atoms with van der Waals surface area (Å²) in [5, 5.41) is 15.2. The van der Waals surface area contributed by atoms with E-state index in [-0.39, 0.29) is 24.5 Å². The van der Waals surface area contributed by atoms with Gasteiger partial charge in [0.25, 0.3) is 0 Å². The van der Waals surface area contributed by atoms with Crippen LogP contribution in [0.4, 0.5) is 4.79 Å². The third-order valence-corrected chi connectivity index (χ3v) is 5.15.